The monoisotopic (exact) mass is 361 g/mol. The van der Waals surface area contributed by atoms with Gasteiger partial charge in [0.2, 0.25) is 0 Å². The van der Waals surface area contributed by atoms with Gasteiger partial charge in [0.15, 0.2) is 10.9 Å². The van der Waals surface area contributed by atoms with Crippen LogP contribution in [0.4, 0.5) is 10.8 Å². The van der Waals surface area contributed by atoms with Gasteiger partial charge in [-0.25, -0.2) is 4.98 Å². The van der Waals surface area contributed by atoms with Crippen molar-refractivity contribution in [1.82, 2.24) is 10.1 Å². The standard InChI is InChI=1S/C21H19N3OS/c1-13-9-14(2)20(15(3)10-13)23-21-22-18(12-26-21)19-11-17(24-25-19)16-7-5-4-6-8-16/h4-12H,1-3H3,(H,22,23). The van der Waals surface area contributed by atoms with Gasteiger partial charge in [-0.3, -0.25) is 0 Å². The molecule has 0 saturated carbocycles. The predicted octanol–water partition coefficient (Wildman–Crippen LogP) is 6.13. The second-order valence-corrected chi connectivity index (χ2v) is 7.24. The Balaban J connectivity index is 1.59. The van der Waals surface area contributed by atoms with Crippen molar-refractivity contribution in [1.29, 1.82) is 0 Å². The van der Waals surface area contributed by atoms with Crippen LogP contribution in [0.5, 0.6) is 0 Å². The average Bonchev–Trinajstić information content (AvgIpc) is 3.28. The number of aromatic nitrogens is 2. The van der Waals surface area contributed by atoms with E-state index in [1.807, 2.05) is 41.8 Å². The molecule has 0 unspecified atom stereocenters. The van der Waals surface area contributed by atoms with Gasteiger partial charge in [0.05, 0.1) is 0 Å². The van der Waals surface area contributed by atoms with E-state index in [-0.39, 0.29) is 0 Å². The average molecular weight is 361 g/mol. The van der Waals surface area contributed by atoms with Gasteiger partial charge in [0.1, 0.15) is 11.4 Å². The van der Waals surface area contributed by atoms with Crippen LogP contribution in [0.3, 0.4) is 0 Å². The summed E-state index contributed by atoms with van der Waals surface area (Å²) in [7, 11) is 0. The fraction of sp³-hybridized carbons (Fsp3) is 0.143. The van der Waals surface area contributed by atoms with Crippen molar-refractivity contribution in [2.24, 2.45) is 0 Å². The number of aryl methyl sites for hydroxylation is 3. The summed E-state index contributed by atoms with van der Waals surface area (Å²) in [6, 6.07) is 16.3. The highest BCUT2D eigenvalue weighted by Crippen LogP contribution is 2.32. The third kappa shape index (κ3) is 3.26. The van der Waals surface area contributed by atoms with Crippen LogP contribution in [0.25, 0.3) is 22.7 Å². The van der Waals surface area contributed by atoms with Crippen LogP contribution in [0.2, 0.25) is 0 Å². The van der Waals surface area contributed by atoms with Gasteiger partial charge >= 0.3 is 0 Å². The number of nitrogens with zero attached hydrogens (tertiary/aromatic N) is 2. The minimum atomic E-state index is 0.672. The van der Waals surface area contributed by atoms with Crippen molar-refractivity contribution >= 4 is 22.2 Å². The Morgan fingerprint density at radius 1 is 0.923 bits per heavy atom. The summed E-state index contributed by atoms with van der Waals surface area (Å²) >= 11 is 1.56. The molecule has 0 aliphatic heterocycles. The molecule has 0 aliphatic carbocycles. The third-order valence-electron chi connectivity index (χ3n) is 4.25. The lowest BCUT2D eigenvalue weighted by molar-refractivity contribution is 0.434. The van der Waals surface area contributed by atoms with E-state index in [0.717, 1.165) is 27.8 Å². The van der Waals surface area contributed by atoms with E-state index in [0.29, 0.717) is 5.76 Å². The lowest BCUT2D eigenvalue weighted by Gasteiger charge is -2.11. The fourth-order valence-corrected chi connectivity index (χ4v) is 3.77. The van der Waals surface area contributed by atoms with Crippen LogP contribution < -0.4 is 5.32 Å². The molecule has 0 atom stereocenters. The number of thiazole rings is 1. The number of rotatable bonds is 4. The number of hydrogen-bond acceptors (Lipinski definition) is 5. The molecule has 2 aromatic carbocycles. The van der Waals surface area contributed by atoms with E-state index in [2.05, 4.69) is 48.4 Å². The Morgan fingerprint density at radius 2 is 1.65 bits per heavy atom. The Kier molecular flexibility index (Phi) is 4.31. The lowest BCUT2D eigenvalue weighted by atomic mass is 10.1. The molecule has 0 spiro atoms. The first kappa shape index (κ1) is 16.5. The van der Waals surface area contributed by atoms with Crippen LogP contribution in [0.15, 0.2) is 58.4 Å². The molecule has 4 nitrogen and oxygen atoms in total. The highest BCUT2D eigenvalue weighted by molar-refractivity contribution is 7.14. The first-order valence-electron chi connectivity index (χ1n) is 8.43. The summed E-state index contributed by atoms with van der Waals surface area (Å²) in [5, 5.41) is 10.4. The molecule has 0 bridgehead atoms. The zero-order valence-electron chi connectivity index (χ0n) is 14.9. The van der Waals surface area contributed by atoms with Crippen LogP contribution in [-0.4, -0.2) is 10.1 Å². The third-order valence-corrected chi connectivity index (χ3v) is 5.00. The summed E-state index contributed by atoms with van der Waals surface area (Å²) < 4.78 is 5.50. The maximum Gasteiger partial charge on any atom is 0.187 e. The molecule has 2 aromatic heterocycles. The Hall–Kier alpha value is -2.92. The van der Waals surface area contributed by atoms with Crippen LogP contribution in [0.1, 0.15) is 16.7 Å². The lowest BCUT2D eigenvalue weighted by Crippen LogP contribution is -1.96. The smallest absolute Gasteiger partial charge is 0.187 e. The Morgan fingerprint density at radius 3 is 2.38 bits per heavy atom. The number of hydrogen-bond donors (Lipinski definition) is 1. The molecule has 2 heterocycles. The van der Waals surface area contributed by atoms with Crippen LogP contribution >= 0.6 is 11.3 Å². The molecule has 4 rings (SSSR count). The zero-order valence-corrected chi connectivity index (χ0v) is 15.7. The fourth-order valence-electron chi connectivity index (χ4n) is 3.07. The molecule has 5 heteroatoms. The summed E-state index contributed by atoms with van der Waals surface area (Å²) in [4.78, 5) is 4.66. The van der Waals surface area contributed by atoms with Gasteiger partial charge < -0.3 is 9.84 Å². The summed E-state index contributed by atoms with van der Waals surface area (Å²) in [6.07, 6.45) is 0. The molecule has 26 heavy (non-hydrogen) atoms. The molecule has 0 amide bonds. The first-order valence-corrected chi connectivity index (χ1v) is 9.31. The quantitative estimate of drug-likeness (QED) is 0.475. The van der Waals surface area contributed by atoms with Crippen molar-refractivity contribution in [2.75, 3.05) is 5.32 Å². The number of benzene rings is 2. The normalized spacial score (nSPS) is 10.9. The van der Waals surface area contributed by atoms with E-state index in [9.17, 15) is 0 Å². The summed E-state index contributed by atoms with van der Waals surface area (Å²) in [5.41, 5.74) is 7.43. The highest BCUT2D eigenvalue weighted by atomic mass is 32.1. The van der Waals surface area contributed by atoms with Gasteiger partial charge in [-0.1, -0.05) is 53.2 Å². The van der Waals surface area contributed by atoms with E-state index in [1.54, 1.807) is 11.3 Å². The van der Waals surface area contributed by atoms with Crippen molar-refractivity contribution in [3.8, 4) is 22.7 Å². The first-order chi connectivity index (χ1) is 12.6. The van der Waals surface area contributed by atoms with Crippen molar-refractivity contribution < 1.29 is 4.52 Å². The van der Waals surface area contributed by atoms with Crippen molar-refractivity contribution in [2.45, 2.75) is 20.8 Å². The van der Waals surface area contributed by atoms with Gasteiger partial charge in [0.25, 0.3) is 0 Å². The van der Waals surface area contributed by atoms with Crippen LogP contribution in [-0.2, 0) is 0 Å². The zero-order chi connectivity index (χ0) is 18.1. The molecule has 0 fully saturated rings. The number of anilines is 2. The Bertz CT molecular complexity index is 1030. The molecular formula is C21H19N3OS. The Labute approximate surface area is 156 Å². The number of nitrogens with one attached hydrogen (secondary N) is 1. The molecule has 1 N–H and O–H groups in total. The second kappa shape index (κ2) is 6.77. The topological polar surface area (TPSA) is 51.0 Å². The molecular weight excluding hydrogens is 342 g/mol. The van der Waals surface area contributed by atoms with Gasteiger partial charge in [0, 0.05) is 22.7 Å². The highest BCUT2D eigenvalue weighted by Gasteiger charge is 2.13. The van der Waals surface area contributed by atoms with E-state index in [4.69, 9.17) is 4.52 Å². The van der Waals surface area contributed by atoms with Crippen LogP contribution in [0, 0.1) is 20.8 Å². The minimum absolute atomic E-state index is 0.672. The van der Waals surface area contributed by atoms with Gasteiger partial charge in [-0.2, -0.15) is 0 Å². The maximum absolute atomic E-state index is 5.50. The predicted molar refractivity (Wildman–Crippen MR) is 107 cm³/mol. The molecule has 0 radical (unpaired) electrons. The van der Waals surface area contributed by atoms with Crippen molar-refractivity contribution in [3.63, 3.8) is 0 Å². The summed E-state index contributed by atoms with van der Waals surface area (Å²) in [6.45, 7) is 6.33. The molecule has 4 aromatic rings. The van der Waals surface area contributed by atoms with E-state index in [1.165, 1.54) is 16.7 Å². The maximum atomic E-state index is 5.50. The summed E-state index contributed by atoms with van der Waals surface area (Å²) in [5.74, 6) is 0.672. The molecule has 0 aliphatic rings. The van der Waals surface area contributed by atoms with E-state index >= 15 is 0 Å². The molecule has 0 saturated heterocycles. The van der Waals surface area contributed by atoms with Crippen molar-refractivity contribution in [3.05, 3.63) is 70.6 Å². The SMILES string of the molecule is Cc1cc(C)c(Nc2nc(-c3cc(-c4ccccc4)no3)cs2)c(C)c1. The second-order valence-electron chi connectivity index (χ2n) is 6.38. The molecule has 130 valence electrons. The minimum Gasteiger partial charge on any atom is -0.354 e. The largest absolute Gasteiger partial charge is 0.354 e. The van der Waals surface area contributed by atoms with Gasteiger partial charge in [-0.15, -0.1) is 11.3 Å². The van der Waals surface area contributed by atoms with E-state index < -0.39 is 0 Å². The van der Waals surface area contributed by atoms with Gasteiger partial charge in [-0.05, 0) is 31.9 Å².